The Morgan fingerprint density at radius 1 is 0.923 bits per heavy atom. The molecule has 1 aliphatic rings. The minimum Gasteiger partial charge on any atom is -0.301 e. The first-order valence-electron chi connectivity index (χ1n) is 6.08. The lowest BCUT2D eigenvalue weighted by molar-refractivity contribution is 0.200. The van der Waals surface area contributed by atoms with Gasteiger partial charge in [-0.2, -0.15) is 0 Å². The zero-order chi connectivity index (χ0) is 9.52. The van der Waals surface area contributed by atoms with Gasteiger partial charge in [0.05, 0.1) is 0 Å². The maximum atomic E-state index is 2.69. The molecule has 0 amide bonds. The monoisotopic (exact) mass is 183 g/mol. The Morgan fingerprint density at radius 3 is 1.85 bits per heavy atom. The zero-order valence-corrected chi connectivity index (χ0v) is 9.39. The number of nitrogens with zero attached hydrogens (tertiary/aromatic N) is 1. The molecule has 78 valence electrons. The van der Waals surface area contributed by atoms with Crippen LogP contribution < -0.4 is 0 Å². The van der Waals surface area contributed by atoms with Gasteiger partial charge in [-0.1, -0.05) is 32.6 Å². The van der Waals surface area contributed by atoms with Gasteiger partial charge in [-0.05, 0) is 39.3 Å². The van der Waals surface area contributed by atoms with E-state index in [-0.39, 0.29) is 0 Å². The molecule has 0 aliphatic carbocycles. The fraction of sp³-hybridized carbons (Fsp3) is 1.00. The number of hydrogen-bond donors (Lipinski definition) is 0. The van der Waals surface area contributed by atoms with Gasteiger partial charge in [0.2, 0.25) is 0 Å². The molecular weight excluding hydrogens is 158 g/mol. The average molecular weight is 183 g/mol. The largest absolute Gasteiger partial charge is 0.301 e. The molecule has 1 fully saturated rings. The van der Waals surface area contributed by atoms with Crippen LogP contribution in [0.25, 0.3) is 0 Å². The van der Waals surface area contributed by atoms with Crippen molar-refractivity contribution in [1.82, 2.24) is 4.90 Å². The lowest BCUT2D eigenvalue weighted by Crippen LogP contribution is -2.34. The molecular formula is C12H25N. The molecule has 1 aliphatic heterocycles. The van der Waals surface area contributed by atoms with Crippen LogP contribution in [0.2, 0.25) is 0 Å². The van der Waals surface area contributed by atoms with E-state index in [4.69, 9.17) is 0 Å². The van der Waals surface area contributed by atoms with E-state index in [1.54, 1.807) is 0 Å². The van der Waals surface area contributed by atoms with E-state index in [9.17, 15) is 0 Å². The lowest BCUT2D eigenvalue weighted by atomic mass is 10.1. The van der Waals surface area contributed by atoms with Crippen molar-refractivity contribution in [3.63, 3.8) is 0 Å². The molecule has 0 aromatic carbocycles. The fourth-order valence-corrected chi connectivity index (χ4v) is 2.15. The lowest BCUT2D eigenvalue weighted by Gasteiger charge is -2.27. The van der Waals surface area contributed by atoms with E-state index >= 15 is 0 Å². The molecule has 0 N–H and O–H groups in total. The minimum atomic E-state index is 0.804. The summed E-state index contributed by atoms with van der Waals surface area (Å²) in [5, 5.41) is 0. The molecule has 13 heavy (non-hydrogen) atoms. The van der Waals surface area contributed by atoms with E-state index in [0.717, 1.165) is 6.04 Å². The number of rotatable bonds is 2. The standard InChI is InChI=1S/C12H25N/c1-3-12(2)13-10-8-6-4-5-7-9-11-13/h12H,3-11H2,1-2H3/t12-/m1/s1. The summed E-state index contributed by atoms with van der Waals surface area (Å²) >= 11 is 0. The van der Waals surface area contributed by atoms with Gasteiger partial charge in [-0.15, -0.1) is 0 Å². The molecule has 0 unspecified atom stereocenters. The highest BCUT2D eigenvalue weighted by atomic mass is 15.1. The van der Waals surface area contributed by atoms with Crippen LogP contribution in [0.5, 0.6) is 0 Å². The van der Waals surface area contributed by atoms with Crippen LogP contribution in [-0.4, -0.2) is 24.0 Å². The summed E-state index contributed by atoms with van der Waals surface area (Å²) in [6, 6.07) is 0.804. The van der Waals surface area contributed by atoms with Crippen LogP contribution in [-0.2, 0) is 0 Å². The predicted octanol–water partition coefficient (Wildman–Crippen LogP) is 3.44. The van der Waals surface area contributed by atoms with Crippen LogP contribution in [0.1, 0.15) is 58.8 Å². The highest BCUT2D eigenvalue weighted by molar-refractivity contribution is 4.67. The molecule has 0 spiro atoms. The summed E-state index contributed by atoms with van der Waals surface area (Å²) in [6.45, 7) is 7.36. The third-order valence-electron chi connectivity index (χ3n) is 3.35. The van der Waals surface area contributed by atoms with Crippen molar-refractivity contribution < 1.29 is 0 Å². The van der Waals surface area contributed by atoms with Crippen LogP contribution in [0.4, 0.5) is 0 Å². The molecule has 1 heterocycles. The third kappa shape index (κ3) is 4.12. The molecule has 1 rings (SSSR count). The quantitative estimate of drug-likeness (QED) is 0.634. The Bertz CT molecular complexity index is 112. The third-order valence-corrected chi connectivity index (χ3v) is 3.35. The maximum absolute atomic E-state index is 2.69. The van der Waals surface area contributed by atoms with Gasteiger partial charge in [0, 0.05) is 6.04 Å². The topological polar surface area (TPSA) is 3.24 Å². The average Bonchev–Trinajstić information content (AvgIpc) is 2.29. The second-order valence-electron chi connectivity index (χ2n) is 4.41. The van der Waals surface area contributed by atoms with Crippen LogP contribution >= 0.6 is 0 Å². The van der Waals surface area contributed by atoms with Crippen molar-refractivity contribution in [2.45, 2.75) is 64.8 Å². The van der Waals surface area contributed by atoms with Crippen molar-refractivity contribution in [2.75, 3.05) is 13.1 Å². The van der Waals surface area contributed by atoms with E-state index in [1.807, 2.05) is 0 Å². The van der Waals surface area contributed by atoms with Crippen molar-refractivity contribution in [3.05, 3.63) is 0 Å². The zero-order valence-electron chi connectivity index (χ0n) is 9.39. The second kappa shape index (κ2) is 6.42. The Kier molecular flexibility index (Phi) is 5.45. The molecule has 0 radical (unpaired) electrons. The van der Waals surface area contributed by atoms with E-state index in [2.05, 4.69) is 18.7 Å². The normalized spacial score (nSPS) is 24.5. The second-order valence-corrected chi connectivity index (χ2v) is 4.41. The summed E-state index contributed by atoms with van der Waals surface area (Å²) in [4.78, 5) is 2.69. The summed E-state index contributed by atoms with van der Waals surface area (Å²) in [5.74, 6) is 0. The number of hydrogen-bond acceptors (Lipinski definition) is 1. The van der Waals surface area contributed by atoms with E-state index in [0.29, 0.717) is 0 Å². The van der Waals surface area contributed by atoms with Gasteiger partial charge in [-0.25, -0.2) is 0 Å². The Balaban J connectivity index is 2.31. The first-order valence-corrected chi connectivity index (χ1v) is 6.08. The molecule has 1 saturated heterocycles. The first kappa shape index (κ1) is 11.0. The Hall–Kier alpha value is -0.0400. The van der Waals surface area contributed by atoms with Crippen molar-refractivity contribution in [2.24, 2.45) is 0 Å². The predicted molar refractivity (Wildman–Crippen MR) is 59.0 cm³/mol. The molecule has 0 aromatic rings. The smallest absolute Gasteiger partial charge is 0.00643 e. The van der Waals surface area contributed by atoms with Crippen LogP contribution in [0.3, 0.4) is 0 Å². The van der Waals surface area contributed by atoms with Crippen molar-refractivity contribution in [3.8, 4) is 0 Å². The summed E-state index contributed by atoms with van der Waals surface area (Å²) in [6.07, 6.45) is 9.98. The Morgan fingerprint density at radius 2 is 1.38 bits per heavy atom. The molecule has 1 nitrogen and oxygen atoms in total. The van der Waals surface area contributed by atoms with Gasteiger partial charge >= 0.3 is 0 Å². The van der Waals surface area contributed by atoms with Crippen LogP contribution in [0, 0.1) is 0 Å². The highest BCUT2D eigenvalue weighted by Crippen LogP contribution is 2.14. The summed E-state index contributed by atoms with van der Waals surface area (Å²) in [5.41, 5.74) is 0. The first-order chi connectivity index (χ1) is 6.34. The van der Waals surface area contributed by atoms with Crippen molar-refractivity contribution in [1.29, 1.82) is 0 Å². The minimum absolute atomic E-state index is 0.804. The molecule has 1 heteroatoms. The Labute approximate surface area is 83.5 Å². The SMILES string of the molecule is CC[C@@H](C)N1CCCCCCCC1. The van der Waals surface area contributed by atoms with Crippen molar-refractivity contribution >= 4 is 0 Å². The molecule has 0 aromatic heterocycles. The van der Waals surface area contributed by atoms with Crippen LogP contribution in [0.15, 0.2) is 0 Å². The van der Waals surface area contributed by atoms with Gasteiger partial charge < -0.3 is 4.90 Å². The fourth-order valence-electron chi connectivity index (χ4n) is 2.15. The van der Waals surface area contributed by atoms with Gasteiger partial charge in [-0.3, -0.25) is 0 Å². The van der Waals surface area contributed by atoms with E-state index in [1.165, 1.54) is 58.0 Å². The van der Waals surface area contributed by atoms with E-state index < -0.39 is 0 Å². The van der Waals surface area contributed by atoms with Gasteiger partial charge in [0.1, 0.15) is 0 Å². The molecule has 1 atom stereocenters. The molecule has 0 bridgehead atoms. The highest BCUT2D eigenvalue weighted by Gasteiger charge is 2.11. The summed E-state index contributed by atoms with van der Waals surface area (Å²) < 4.78 is 0. The maximum Gasteiger partial charge on any atom is 0.00643 e. The van der Waals surface area contributed by atoms with Gasteiger partial charge in [0.25, 0.3) is 0 Å². The molecule has 0 saturated carbocycles. The summed E-state index contributed by atoms with van der Waals surface area (Å²) in [7, 11) is 0. The van der Waals surface area contributed by atoms with Gasteiger partial charge in [0.15, 0.2) is 0 Å².